The van der Waals surface area contributed by atoms with Gasteiger partial charge in [0.25, 0.3) is 0 Å². The molecule has 11 heteroatoms. The van der Waals surface area contributed by atoms with Gasteiger partial charge in [-0.1, -0.05) is 0 Å². The molecule has 0 spiro atoms. The number of hydrogen-bond acceptors (Lipinski definition) is 9. The van der Waals surface area contributed by atoms with Crippen LogP contribution in [0.15, 0.2) is 67.0 Å². The van der Waals surface area contributed by atoms with Gasteiger partial charge in [-0.05, 0) is 57.4 Å². The first-order chi connectivity index (χ1) is 19.0. The highest BCUT2D eigenvalue weighted by Crippen LogP contribution is 2.34. The molecule has 0 unspecified atom stereocenters. The fraction of sp³-hybridized carbons (Fsp3) is 0.179. The van der Waals surface area contributed by atoms with E-state index in [-0.39, 0.29) is 5.78 Å². The number of pyridine rings is 2. The molecule has 5 aromatic rings. The number of carbonyl (C=O) groups is 1. The number of hydrogen-bond donors (Lipinski definition) is 3. The van der Waals surface area contributed by atoms with Crippen molar-refractivity contribution >= 4 is 44.6 Å². The molecule has 0 amide bonds. The molecule has 0 bridgehead atoms. The van der Waals surface area contributed by atoms with E-state index in [4.69, 9.17) is 9.72 Å². The summed E-state index contributed by atoms with van der Waals surface area (Å²) in [5, 5.41) is 11.7. The number of carbonyl (C=O) groups excluding carboxylic acids is 1. The SMILES string of the molecule is CC(=O)c1ccc(-c2nccc3[nH]c(-c4n[nH]c5cnc(C6=CNC=CC(OCCN(C)C)=C6)cc45)nc23)s1. The van der Waals surface area contributed by atoms with E-state index < -0.39 is 0 Å². The van der Waals surface area contributed by atoms with Crippen LogP contribution in [-0.2, 0) is 4.74 Å². The van der Waals surface area contributed by atoms with E-state index >= 15 is 0 Å². The Morgan fingerprint density at radius 1 is 1.13 bits per heavy atom. The van der Waals surface area contributed by atoms with Crippen molar-refractivity contribution in [2.24, 2.45) is 0 Å². The predicted octanol–water partition coefficient (Wildman–Crippen LogP) is 4.75. The molecule has 10 nitrogen and oxygen atoms in total. The Kier molecular flexibility index (Phi) is 6.51. The number of fused-ring (bicyclic) bond motifs is 2. The number of nitrogens with one attached hydrogen (secondary N) is 3. The largest absolute Gasteiger partial charge is 0.492 e. The summed E-state index contributed by atoms with van der Waals surface area (Å²) in [7, 11) is 4.03. The number of ketones is 1. The van der Waals surface area contributed by atoms with Gasteiger partial charge in [-0.2, -0.15) is 5.10 Å². The van der Waals surface area contributed by atoms with Crippen LogP contribution < -0.4 is 5.32 Å². The van der Waals surface area contributed by atoms with Gasteiger partial charge < -0.3 is 19.9 Å². The number of aromatic nitrogens is 6. The quantitative estimate of drug-likeness (QED) is 0.242. The van der Waals surface area contributed by atoms with Gasteiger partial charge in [0.1, 0.15) is 29.3 Å². The Hall–Kier alpha value is -4.61. The van der Waals surface area contributed by atoms with Crippen LogP contribution in [0, 0.1) is 0 Å². The summed E-state index contributed by atoms with van der Waals surface area (Å²) in [5.41, 5.74) is 5.40. The maximum absolute atomic E-state index is 11.8. The van der Waals surface area contributed by atoms with Gasteiger partial charge in [0.2, 0.25) is 0 Å². The maximum atomic E-state index is 11.8. The average Bonchev–Trinajstić information content (AvgIpc) is 3.63. The number of ether oxygens (including phenoxy) is 1. The monoisotopic (exact) mass is 538 g/mol. The van der Waals surface area contributed by atoms with Crippen LogP contribution in [0.2, 0.25) is 0 Å². The molecule has 0 fully saturated rings. The second-order valence-corrected chi connectivity index (χ2v) is 10.4. The van der Waals surface area contributed by atoms with Gasteiger partial charge in [0.05, 0.1) is 32.7 Å². The van der Waals surface area contributed by atoms with Crippen molar-refractivity contribution < 1.29 is 9.53 Å². The lowest BCUT2D eigenvalue weighted by Gasteiger charge is -2.11. The summed E-state index contributed by atoms with van der Waals surface area (Å²) in [5.74, 6) is 1.40. The topological polar surface area (TPSA) is 125 Å². The summed E-state index contributed by atoms with van der Waals surface area (Å²) < 4.78 is 5.95. The number of allylic oxidation sites excluding steroid dienone is 3. The summed E-state index contributed by atoms with van der Waals surface area (Å²) in [4.78, 5) is 33.0. The lowest BCUT2D eigenvalue weighted by Crippen LogP contribution is -2.17. The molecular weight excluding hydrogens is 512 g/mol. The van der Waals surface area contributed by atoms with Crippen molar-refractivity contribution in [2.45, 2.75) is 6.92 Å². The molecule has 6 rings (SSSR count). The predicted molar refractivity (Wildman–Crippen MR) is 153 cm³/mol. The number of aromatic amines is 2. The summed E-state index contributed by atoms with van der Waals surface area (Å²) in [6, 6.07) is 7.61. The van der Waals surface area contributed by atoms with Crippen LogP contribution in [0.5, 0.6) is 0 Å². The highest BCUT2D eigenvalue weighted by Gasteiger charge is 2.18. The summed E-state index contributed by atoms with van der Waals surface area (Å²) in [6.45, 7) is 2.97. The molecule has 5 aromatic heterocycles. The lowest BCUT2D eigenvalue weighted by molar-refractivity contribution is 0.102. The fourth-order valence-electron chi connectivity index (χ4n) is 4.23. The van der Waals surface area contributed by atoms with Gasteiger partial charge in [-0.15, -0.1) is 11.3 Å². The van der Waals surface area contributed by atoms with E-state index in [1.54, 1.807) is 19.3 Å². The number of likely N-dealkylation sites (N-methyl/N-ethyl adjacent to an activating group) is 1. The van der Waals surface area contributed by atoms with E-state index in [0.717, 1.165) is 56.1 Å². The first-order valence-corrected chi connectivity index (χ1v) is 13.2. The molecule has 0 saturated heterocycles. The van der Waals surface area contributed by atoms with E-state index in [1.165, 1.54) is 11.3 Å². The molecule has 1 aliphatic heterocycles. The third kappa shape index (κ3) is 4.97. The van der Waals surface area contributed by atoms with Gasteiger partial charge in [0.15, 0.2) is 11.6 Å². The molecule has 0 saturated carbocycles. The minimum absolute atomic E-state index is 0.0328. The zero-order valence-corrected chi connectivity index (χ0v) is 22.5. The average molecular weight is 539 g/mol. The highest BCUT2D eigenvalue weighted by atomic mass is 32.1. The minimum Gasteiger partial charge on any atom is -0.492 e. The minimum atomic E-state index is 0.0328. The van der Waals surface area contributed by atoms with Crippen molar-refractivity contribution in [3.05, 3.63) is 77.5 Å². The molecule has 3 N–H and O–H groups in total. The van der Waals surface area contributed by atoms with Crippen LogP contribution in [0.25, 0.3) is 49.6 Å². The van der Waals surface area contributed by atoms with Gasteiger partial charge in [-0.25, -0.2) is 4.98 Å². The zero-order valence-electron chi connectivity index (χ0n) is 21.6. The Morgan fingerprint density at radius 2 is 2.03 bits per heavy atom. The van der Waals surface area contributed by atoms with Crippen LogP contribution >= 0.6 is 11.3 Å². The standard InChI is InChI=1S/C28H26N8O2S/c1-16(37)23-4-5-24(39-23)27-26-20(7-9-30-27)32-28(33-26)25-19-13-21(31-15-22(19)34-35-25)17-12-18(6-8-29-14-17)38-11-10-36(2)3/h4-9,12-15,29H,10-11H2,1-3H3,(H,32,33)(H,34,35). The van der Waals surface area contributed by atoms with Crippen molar-refractivity contribution in [3.8, 4) is 22.1 Å². The number of thiophene rings is 1. The Balaban J connectivity index is 1.36. The molecule has 6 heterocycles. The van der Waals surface area contributed by atoms with Crippen LogP contribution in [0.4, 0.5) is 0 Å². The zero-order chi connectivity index (χ0) is 26.9. The van der Waals surface area contributed by atoms with Gasteiger partial charge in [-0.3, -0.25) is 19.9 Å². The Morgan fingerprint density at radius 3 is 2.85 bits per heavy atom. The second kappa shape index (κ2) is 10.3. The molecule has 0 radical (unpaired) electrons. The summed E-state index contributed by atoms with van der Waals surface area (Å²) >= 11 is 1.41. The normalized spacial score (nSPS) is 13.4. The van der Waals surface area contributed by atoms with Crippen molar-refractivity contribution in [1.82, 2.24) is 40.3 Å². The van der Waals surface area contributed by atoms with Crippen molar-refractivity contribution in [2.75, 3.05) is 27.2 Å². The molecule has 1 aliphatic rings. The first kappa shape index (κ1) is 24.7. The Bertz CT molecular complexity index is 1790. The molecule has 0 aromatic carbocycles. The summed E-state index contributed by atoms with van der Waals surface area (Å²) in [6.07, 6.45) is 11.1. The molecule has 0 atom stereocenters. The molecular formula is C28H26N8O2S. The number of imidazole rings is 1. The second-order valence-electron chi connectivity index (χ2n) is 9.35. The van der Waals surface area contributed by atoms with E-state index in [9.17, 15) is 4.79 Å². The number of H-pyrrole nitrogens is 2. The third-order valence-electron chi connectivity index (χ3n) is 6.24. The first-order valence-electron chi connectivity index (χ1n) is 12.4. The molecule has 196 valence electrons. The van der Waals surface area contributed by atoms with Crippen LogP contribution in [-0.4, -0.2) is 68.1 Å². The Labute approximate surface area is 228 Å². The third-order valence-corrected chi connectivity index (χ3v) is 7.44. The van der Waals surface area contributed by atoms with E-state index in [2.05, 4.69) is 35.4 Å². The smallest absolute Gasteiger partial charge is 0.169 e. The molecule has 39 heavy (non-hydrogen) atoms. The van der Waals surface area contributed by atoms with E-state index in [0.29, 0.717) is 23.0 Å². The fourth-order valence-corrected chi connectivity index (χ4v) is 5.13. The molecule has 0 aliphatic carbocycles. The highest BCUT2D eigenvalue weighted by molar-refractivity contribution is 7.17. The van der Waals surface area contributed by atoms with Gasteiger partial charge >= 0.3 is 0 Å². The number of Topliss-reactive ketones (excluding diaryl/α,β-unsaturated/α-hetero) is 1. The maximum Gasteiger partial charge on any atom is 0.169 e. The van der Waals surface area contributed by atoms with Crippen LogP contribution in [0.1, 0.15) is 22.3 Å². The van der Waals surface area contributed by atoms with Crippen molar-refractivity contribution in [3.63, 3.8) is 0 Å². The number of nitrogens with zero attached hydrogens (tertiary/aromatic N) is 5. The lowest BCUT2D eigenvalue weighted by atomic mass is 10.1. The van der Waals surface area contributed by atoms with Crippen LogP contribution in [0.3, 0.4) is 0 Å². The van der Waals surface area contributed by atoms with Gasteiger partial charge in [0, 0.05) is 36.1 Å². The number of rotatable bonds is 8. The van der Waals surface area contributed by atoms with Crippen molar-refractivity contribution in [1.29, 1.82) is 0 Å². The van der Waals surface area contributed by atoms with E-state index in [1.807, 2.05) is 62.9 Å².